The summed E-state index contributed by atoms with van der Waals surface area (Å²) in [6.45, 7) is 0.145. The first-order chi connectivity index (χ1) is 14.8. The number of anilines is 1. The standard InChI is InChI=1S/C20H18ClF3N4O3/c1-30-12-6-4-11(5-7-12)10-25-19(29)17-16(21)18-26-13(14-3-2-8-31-14)9-15(20(22,23)24)28(18)27-17/h2-8,13,15,26H,9-10H2,1H3,(H,25,29)/t13-,15-/m1/s1. The molecule has 0 radical (unpaired) electrons. The van der Waals surface area contributed by atoms with Crippen molar-refractivity contribution in [3.63, 3.8) is 0 Å². The number of carbonyl (C=O) groups excluding carboxylic acids is 1. The largest absolute Gasteiger partial charge is 0.497 e. The van der Waals surface area contributed by atoms with Crippen molar-refractivity contribution in [1.82, 2.24) is 15.1 Å². The van der Waals surface area contributed by atoms with Gasteiger partial charge in [0.05, 0.1) is 19.4 Å². The van der Waals surface area contributed by atoms with Gasteiger partial charge in [0.2, 0.25) is 0 Å². The fraction of sp³-hybridized carbons (Fsp3) is 0.300. The van der Waals surface area contributed by atoms with Crippen LogP contribution < -0.4 is 15.4 Å². The van der Waals surface area contributed by atoms with Crippen molar-refractivity contribution in [3.05, 3.63) is 64.7 Å². The lowest BCUT2D eigenvalue weighted by atomic mass is 10.0. The Bertz CT molecular complexity index is 1060. The van der Waals surface area contributed by atoms with Gasteiger partial charge in [-0.15, -0.1) is 0 Å². The number of carbonyl (C=O) groups is 1. The number of halogens is 4. The van der Waals surface area contributed by atoms with Gasteiger partial charge >= 0.3 is 6.18 Å². The van der Waals surface area contributed by atoms with Crippen LogP contribution in [0.25, 0.3) is 0 Å². The number of benzene rings is 1. The van der Waals surface area contributed by atoms with Crippen molar-refractivity contribution in [2.45, 2.75) is 31.2 Å². The van der Waals surface area contributed by atoms with Crippen LogP contribution in [-0.4, -0.2) is 29.0 Å². The molecule has 0 spiro atoms. The van der Waals surface area contributed by atoms with Gasteiger partial charge in [0.15, 0.2) is 11.7 Å². The van der Waals surface area contributed by atoms with Gasteiger partial charge < -0.3 is 19.8 Å². The molecule has 11 heteroatoms. The maximum Gasteiger partial charge on any atom is 0.410 e. The first-order valence-corrected chi connectivity index (χ1v) is 9.71. The number of nitrogens with one attached hydrogen (secondary N) is 2. The molecule has 31 heavy (non-hydrogen) atoms. The third-order valence-electron chi connectivity index (χ3n) is 5.01. The van der Waals surface area contributed by atoms with E-state index in [-0.39, 0.29) is 29.5 Å². The predicted molar refractivity (Wildman–Crippen MR) is 106 cm³/mol. The number of aromatic nitrogens is 2. The number of fused-ring (bicyclic) bond motifs is 1. The van der Waals surface area contributed by atoms with Crippen molar-refractivity contribution in [2.24, 2.45) is 0 Å². The second-order valence-corrected chi connectivity index (χ2v) is 7.37. The minimum Gasteiger partial charge on any atom is -0.497 e. The molecule has 4 rings (SSSR count). The van der Waals surface area contributed by atoms with Crippen molar-refractivity contribution in [2.75, 3.05) is 12.4 Å². The van der Waals surface area contributed by atoms with E-state index in [9.17, 15) is 18.0 Å². The molecule has 7 nitrogen and oxygen atoms in total. The highest BCUT2D eigenvalue weighted by atomic mass is 35.5. The molecule has 0 unspecified atom stereocenters. The third-order valence-corrected chi connectivity index (χ3v) is 5.37. The molecular formula is C20H18ClF3N4O3. The molecule has 164 valence electrons. The maximum atomic E-state index is 13.7. The summed E-state index contributed by atoms with van der Waals surface area (Å²) >= 11 is 6.28. The van der Waals surface area contributed by atoms with Crippen LogP contribution in [0.3, 0.4) is 0 Å². The molecule has 0 fully saturated rings. The summed E-state index contributed by atoms with van der Waals surface area (Å²) < 4.78 is 52.3. The number of amides is 1. The van der Waals surface area contributed by atoms with E-state index in [0.29, 0.717) is 11.5 Å². The molecule has 0 aliphatic carbocycles. The highest BCUT2D eigenvalue weighted by molar-refractivity contribution is 6.36. The first-order valence-electron chi connectivity index (χ1n) is 9.33. The van der Waals surface area contributed by atoms with Gasteiger partial charge in [0.25, 0.3) is 5.91 Å². The normalized spacial score (nSPS) is 18.2. The van der Waals surface area contributed by atoms with Crippen LogP contribution in [-0.2, 0) is 6.54 Å². The number of furan rings is 1. The van der Waals surface area contributed by atoms with E-state index >= 15 is 0 Å². The number of hydrogen-bond donors (Lipinski definition) is 2. The lowest BCUT2D eigenvalue weighted by molar-refractivity contribution is -0.174. The number of ether oxygens (including phenoxy) is 1. The van der Waals surface area contributed by atoms with Gasteiger partial charge in [0, 0.05) is 13.0 Å². The molecule has 1 aromatic carbocycles. The molecule has 2 atom stereocenters. The molecule has 3 aromatic rings. The summed E-state index contributed by atoms with van der Waals surface area (Å²) in [5, 5.41) is 9.25. The zero-order chi connectivity index (χ0) is 22.2. The topological polar surface area (TPSA) is 81.3 Å². The van der Waals surface area contributed by atoms with E-state index in [2.05, 4.69) is 15.7 Å². The van der Waals surface area contributed by atoms with Gasteiger partial charge in [-0.3, -0.25) is 4.79 Å². The minimum atomic E-state index is -4.59. The monoisotopic (exact) mass is 454 g/mol. The van der Waals surface area contributed by atoms with Gasteiger partial charge in [0.1, 0.15) is 22.4 Å². The number of methoxy groups -OCH3 is 1. The minimum absolute atomic E-state index is 0.0776. The average Bonchev–Trinajstić information content (AvgIpc) is 3.40. The van der Waals surface area contributed by atoms with Crippen LogP contribution >= 0.6 is 11.6 Å². The number of hydrogen-bond acceptors (Lipinski definition) is 5. The highest BCUT2D eigenvalue weighted by Crippen LogP contribution is 2.46. The summed E-state index contributed by atoms with van der Waals surface area (Å²) in [7, 11) is 1.54. The Labute approximate surface area is 180 Å². The van der Waals surface area contributed by atoms with Crippen molar-refractivity contribution in [3.8, 4) is 5.75 Å². The Balaban J connectivity index is 1.58. The van der Waals surface area contributed by atoms with E-state index < -0.39 is 24.2 Å². The SMILES string of the molecule is COc1ccc(CNC(=O)c2nn3c(c2Cl)N[C@@H](c2ccco2)C[C@@H]3C(F)(F)F)cc1. The molecule has 2 N–H and O–H groups in total. The lowest BCUT2D eigenvalue weighted by Gasteiger charge is -2.32. The van der Waals surface area contributed by atoms with Crippen LogP contribution in [0.15, 0.2) is 47.1 Å². The molecule has 3 heterocycles. The zero-order valence-electron chi connectivity index (χ0n) is 16.2. The summed E-state index contributed by atoms with van der Waals surface area (Å²) in [4.78, 5) is 12.6. The highest BCUT2D eigenvalue weighted by Gasteiger charge is 2.48. The molecule has 1 amide bonds. The smallest absolute Gasteiger partial charge is 0.410 e. The molecular weight excluding hydrogens is 437 g/mol. The Morgan fingerprint density at radius 2 is 2.10 bits per heavy atom. The number of nitrogens with zero attached hydrogens (tertiary/aromatic N) is 2. The van der Waals surface area contributed by atoms with Crippen molar-refractivity contribution < 1.29 is 27.1 Å². The molecule has 2 aromatic heterocycles. The molecule has 0 saturated carbocycles. The van der Waals surface area contributed by atoms with Gasteiger partial charge in [-0.1, -0.05) is 23.7 Å². The Morgan fingerprint density at radius 3 is 2.71 bits per heavy atom. The lowest BCUT2D eigenvalue weighted by Crippen LogP contribution is -2.35. The van der Waals surface area contributed by atoms with Gasteiger partial charge in [-0.25, -0.2) is 4.68 Å². The number of rotatable bonds is 5. The van der Waals surface area contributed by atoms with E-state index in [0.717, 1.165) is 10.2 Å². The van der Waals surface area contributed by atoms with Crippen molar-refractivity contribution in [1.29, 1.82) is 0 Å². The van der Waals surface area contributed by atoms with Crippen molar-refractivity contribution >= 4 is 23.3 Å². The molecule has 1 aliphatic heterocycles. The average molecular weight is 455 g/mol. The van der Waals surface area contributed by atoms with Crippen LogP contribution in [0.2, 0.25) is 5.02 Å². The van der Waals surface area contributed by atoms with Gasteiger partial charge in [-0.2, -0.15) is 18.3 Å². The van der Waals surface area contributed by atoms with Crippen LogP contribution in [0.4, 0.5) is 19.0 Å². The van der Waals surface area contributed by atoms with E-state index in [1.165, 1.54) is 13.4 Å². The number of alkyl halides is 3. The van der Waals surface area contributed by atoms with E-state index in [1.807, 2.05) is 0 Å². The second-order valence-electron chi connectivity index (χ2n) is 6.99. The summed E-state index contributed by atoms with van der Waals surface area (Å²) in [5.41, 5.74) is 0.491. The summed E-state index contributed by atoms with van der Waals surface area (Å²) in [5.74, 6) is 0.241. The van der Waals surface area contributed by atoms with Crippen LogP contribution in [0, 0.1) is 0 Å². The summed E-state index contributed by atoms with van der Waals surface area (Å²) in [6.07, 6.45) is -3.56. The van der Waals surface area contributed by atoms with E-state index in [1.54, 1.807) is 36.4 Å². The maximum absolute atomic E-state index is 13.7. The Morgan fingerprint density at radius 1 is 1.35 bits per heavy atom. The Kier molecular flexibility index (Phi) is 5.57. The molecule has 0 bridgehead atoms. The quantitative estimate of drug-likeness (QED) is 0.582. The predicted octanol–water partition coefficient (Wildman–Crippen LogP) is 4.73. The summed E-state index contributed by atoms with van der Waals surface area (Å²) in [6, 6.07) is 7.42. The van der Waals surface area contributed by atoms with E-state index in [4.69, 9.17) is 20.8 Å². The molecule has 0 saturated heterocycles. The third kappa shape index (κ3) is 4.20. The Hall–Kier alpha value is -3.14. The van der Waals surface area contributed by atoms with Crippen LogP contribution in [0.1, 0.15) is 40.3 Å². The first kappa shape index (κ1) is 21.1. The fourth-order valence-corrected chi connectivity index (χ4v) is 3.68. The zero-order valence-corrected chi connectivity index (χ0v) is 17.0. The second kappa shape index (κ2) is 8.18. The van der Waals surface area contributed by atoms with Gasteiger partial charge in [-0.05, 0) is 29.8 Å². The van der Waals surface area contributed by atoms with Crippen LogP contribution in [0.5, 0.6) is 5.75 Å². The fourth-order valence-electron chi connectivity index (χ4n) is 3.42. The molecule has 1 aliphatic rings.